The Morgan fingerprint density at radius 1 is 1.19 bits per heavy atom. The van der Waals surface area contributed by atoms with Gasteiger partial charge >= 0.3 is 0 Å². The van der Waals surface area contributed by atoms with E-state index >= 15 is 0 Å². The lowest BCUT2D eigenvalue weighted by Gasteiger charge is -2.38. The molecule has 0 saturated heterocycles. The van der Waals surface area contributed by atoms with E-state index < -0.39 is 0 Å². The van der Waals surface area contributed by atoms with Crippen LogP contribution in [0.15, 0.2) is 35.5 Å². The average molecular weight is 387 g/mol. The standard InChI is InChI=1S/C21H30N4OS/c1-16-13-23-19(27-16)14-24-20(22-2)25-15-21(11-5-4-6-12-21)17-7-9-18(26-3)10-8-17/h7-10,13H,4-6,11-12,14-15H2,1-3H3,(H2,22,24,25). The quantitative estimate of drug-likeness (QED) is 0.581. The second-order valence-corrected chi connectivity index (χ2v) is 8.53. The van der Waals surface area contributed by atoms with Crippen LogP contribution in [0.4, 0.5) is 0 Å². The Bertz CT molecular complexity index is 748. The molecule has 1 aliphatic rings. The van der Waals surface area contributed by atoms with Crippen molar-refractivity contribution in [1.82, 2.24) is 15.6 Å². The Morgan fingerprint density at radius 3 is 2.52 bits per heavy atom. The van der Waals surface area contributed by atoms with Crippen LogP contribution in [0.3, 0.4) is 0 Å². The molecule has 0 unspecified atom stereocenters. The molecule has 146 valence electrons. The summed E-state index contributed by atoms with van der Waals surface area (Å²) in [5, 5.41) is 8.04. The van der Waals surface area contributed by atoms with Crippen LogP contribution in [-0.4, -0.2) is 31.6 Å². The van der Waals surface area contributed by atoms with Crippen LogP contribution >= 0.6 is 11.3 Å². The fourth-order valence-corrected chi connectivity index (χ4v) is 4.58. The van der Waals surface area contributed by atoms with E-state index in [0.29, 0.717) is 6.54 Å². The number of rotatable bonds is 6. The van der Waals surface area contributed by atoms with Gasteiger partial charge in [0.15, 0.2) is 5.96 Å². The maximum Gasteiger partial charge on any atom is 0.191 e. The van der Waals surface area contributed by atoms with Gasteiger partial charge in [-0.2, -0.15) is 0 Å². The molecule has 6 heteroatoms. The molecule has 27 heavy (non-hydrogen) atoms. The fourth-order valence-electron chi connectivity index (χ4n) is 3.86. The fraction of sp³-hybridized carbons (Fsp3) is 0.524. The summed E-state index contributed by atoms with van der Waals surface area (Å²) in [7, 11) is 3.54. The molecule has 0 atom stereocenters. The Kier molecular flexibility index (Phi) is 6.72. The Labute approximate surface area is 166 Å². The Morgan fingerprint density at radius 2 is 1.93 bits per heavy atom. The number of nitrogens with zero attached hydrogens (tertiary/aromatic N) is 2. The Balaban J connectivity index is 1.66. The monoisotopic (exact) mass is 386 g/mol. The lowest BCUT2D eigenvalue weighted by molar-refractivity contribution is 0.291. The summed E-state index contributed by atoms with van der Waals surface area (Å²) >= 11 is 1.72. The average Bonchev–Trinajstić information content (AvgIpc) is 3.14. The van der Waals surface area contributed by atoms with Crippen molar-refractivity contribution in [2.24, 2.45) is 4.99 Å². The second-order valence-electron chi connectivity index (χ2n) is 7.21. The van der Waals surface area contributed by atoms with Gasteiger partial charge in [-0.05, 0) is 37.5 Å². The van der Waals surface area contributed by atoms with Crippen LogP contribution in [0.1, 0.15) is 47.6 Å². The Hall–Kier alpha value is -2.08. The van der Waals surface area contributed by atoms with Gasteiger partial charge in [-0.1, -0.05) is 31.4 Å². The molecule has 2 aromatic rings. The van der Waals surface area contributed by atoms with E-state index in [4.69, 9.17) is 4.74 Å². The summed E-state index contributed by atoms with van der Waals surface area (Å²) in [4.78, 5) is 10.0. The molecule has 1 fully saturated rings. The number of benzene rings is 1. The maximum atomic E-state index is 5.33. The normalized spacial score (nSPS) is 16.8. The zero-order valence-corrected chi connectivity index (χ0v) is 17.4. The van der Waals surface area contributed by atoms with E-state index in [1.165, 1.54) is 42.5 Å². The van der Waals surface area contributed by atoms with Gasteiger partial charge in [0.25, 0.3) is 0 Å². The highest BCUT2D eigenvalue weighted by Crippen LogP contribution is 2.39. The molecular weight excluding hydrogens is 356 g/mol. The van der Waals surface area contributed by atoms with E-state index in [1.807, 2.05) is 13.2 Å². The number of aryl methyl sites for hydroxylation is 1. The minimum absolute atomic E-state index is 0.153. The third kappa shape index (κ3) is 5.01. The predicted octanol–water partition coefficient (Wildman–Crippen LogP) is 4.03. The summed E-state index contributed by atoms with van der Waals surface area (Å²) < 4.78 is 5.33. The van der Waals surface area contributed by atoms with Gasteiger partial charge in [0.2, 0.25) is 0 Å². The number of nitrogens with one attached hydrogen (secondary N) is 2. The summed E-state index contributed by atoms with van der Waals surface area (Å²) in [6, 6.07) is 8.59. The summed E-state index contributed by atoms with van der Waals surface area (Å²) in [5.41, 5.74) is 1.54. The van der Waals surface area contributed by atoms with Crippen LogP contribution in [0, 0.1) is 6.92 Å². The van der Waals surface area contributed by atoms with Gasteiger partial charge in [0, 0.05) is 30.1 Å². The molecule has 0 spiro atoms. The smallest absolute Gasteiger partial charge is 0.191 e. The zero-order chi connectivity index (χ0) is 19.1. The lowest BCUT2D eigenvalue weighted by Crippen LogP contribution is -2.46. The van der Waals surface area contributed by atoms with E-state index in [9.17, 15) is 0 Å². The first-order valence-corrected chi connectivity index (χ1v) is 10.5. The summed E-state index contributed by atoms with van der Waals surface area (Å²) in [6.45, 7) is 3.67. The van der Waals surface area contributed by atoms with E-state index in [0.717, 1.165) is 23.3 Å². The first kappa shape index (κ1) is 19.7. The number of aromatic nitrogens is 1. The number of aliphatic imine (C=N–C) groups is 1. The molecular formula is C21H30N4OS. The molecule has 3 rings (SSSR count). The van der Waals surface area contributed by atoms with Gasteiger partial charge in [-0.15, -0.1) is 11.3 Å². The highest BCUT2D eigenvalue weighted by Gasteiger charge is 2.34. The summed E-state index contributed by atoms with van der Waals surface area (Å²) in [6.07, 6.45) is 8.20. The molecule has 0 radical (unpaired) electrons. The van der Waals surface area contributed by atoms with Crippen molar-refractivity contribution in [2.75, 3.05) is 20.7 Å². The van der Waals surface area contributed by atoms with Crippen LogP contribution in [0.25, 0.3) is 0 Å². The molecule has 2 N–H and O–H groups in total. The minimum Gasteiger partial charge on any atom is -0.497 e. The number of hydrogen-bond donors (Lipinski definition) is 2. The third-order valence-electron chi connectivity index (χ3n) is 5.41. The van der Waals surface area contributed by atoms with Gasteiger partial charge in [-0.25, -0.2) is 4.98 Å². The molecule has 0 amide bonds. The number of hydrogen-bond acceptors (Lipinski definition) is 4. The molecule has 0 bridgehead atoms. The van der Waals surface area contributed by atoms with Crippen molar-refractivity contribution in [3.05, 3.63) is 45.9 Å². The molecule has 1 aromatic heterocycles. The van der Waals surface area contributed by atoms with Crippen LogP contribution in [0.2, 0.25) is 0 Å². The number of methoxy groups -OCH3 is 1. The molecule has 1 saturated carbocycles. The number of guanidine groups is 1. The van der Waals surface area contributed by atoms with Gasteiger partial charge in [-0.3, -0.25) is 4.99 Å². The highest BCUT2D eigenvalue weighted by molar-refractivity contribution is 7.11. The number of thiazole rings is 1. The zero-order valence-electron chi connectivity index (χ0n) is 16.5. The molecule has 5 nitrogen and oxygen atoms in total. The van der Waals surface area contributed by atoms with E-state index in [1.54, 1.807) is 18.4 Å². The molecule has 1 aliphatic carbocycles. The minimum atomic E-state index is 0.153. The van der Waals surface area contributed by atoms with Crippen LogP contribution in [-0.2, 0) is 12.0 Å². The van der Waals surface area contributed by atoms with Crippen molar-refractivity contribution < 1.29 is 4.74 Å². The SMILES string of the molecule is CN=C(NCc1ncc(C)s1)NCC1(c2ccc(OC)cc2)CCCCC1. The van der Waals surface area contributed by atoms with Crippen molar-refractivity contribution in [3.63, 3.8) is 0 Å². The highest BCUT2D eigenvalue weighted by atomic mass is 32.1. The van der Waals surface area contributed by atoms with Crippen molar-refractivity contribution in [1.29, 1.82) is 0 Å². The van der Waals surface area contributed by atoms with Gasteiger partial charge < -0.3 is 15.4 Å². The van der Waals surface area contributed by atoms with E-state index in [2.05, 4.69) is 51.8 Å². The van der Waals surface area contributed by atoms with E-state index in [-0.39, 0.29) is 5.41 Å². The van der Waals surface area contributed by atoms with Crippen molar-refractivity contribution in [2.45, 2.75) is 51.0 Å². The second kappa shape index (κ2) is 9.22. The molecule has 0 aliphatic heterocycles. The van der Waals surface area contributed by atoms with Crippen molar-refractivity contribution >= 4 is 17.3 Å². The molecule has 1 aromatic carbocycles. The van der Waals surface area contributed by atoms with Crippen molar-refractivity contribution in [3.8, 4) is 5.75 Å². The maximum absolute atomic E-state index is 5.33. The van der Waals surface area contributed by atoms with Crippen LogP contribution in [0.5, 0.6) is 5.75 Å². The third-order valence-corrected chi connectivity index (χ3v) is 6.32. The largest absolute Gasteiger partial charge is 0.497 e. The lowest BCUT2D eigenvalue weighted by atomic mass is 9.69. The number of ether oxygens (including phenoxy) is 1. The first-order chi connectivity index (χ1) is 13.1. The first-order valence-electron chi connectivity index (χ1n) is 9.65. The van der Waals surface area contributed by atoms with Gasteiger partial charge in [0.05, 0.1) is 13.7 Å². The van der Waals surface area contributed by atoms with Gasteiger partial charge in [0.1, 0.15) is 10.8 Å². The van der Waals surface area contributed by atoms with Crippen LogP contribution < -0.4 is 15.4 Å². The molecule has 1 heterocycles. The predicted molar refractivity (Wildman–Crippen MR) is 113 cm³/mol. The topological polar surface area (TPSA) is 58.5 Å². The summed E-state index contributed by atoms with van der Waals surface area (Å²) in [5.74, 6) is 1.75.